The van der Waals surface area contributed by atoms with Crippen LogP contribution in [-0.4, -0.2) is 31.8 Å². The van der Waals surface area contributed by atoms with Crippen molar-refractivity contribution in [3.63, 3.8) is 0 Å². The summed E-state index contributed by atoms with van der Waals surface area (Å²) in [6, 6.07) is 3.56. The van der Waals surface area contributed by atoms with Gasteiger partial charge in [-0.25, -0.2) is 0 Å². The van der Waals surface area contributed by atoms with E-state index in [1.54, 1.807) is 12.1 Å². The van der Waals surface area contributed by atoms with E-state index in [1.165, 1.54) is 14.2 Å². The van der Waals surface area contributed by atoms with Gasteiger partial charge in [-0.2, -0.15) is 0 Å². The lowest BCUT2D eigenvalue weighted by molar-refractivity contribution is -0.136. The van der Waals surface area contributed by atoms with Crippen molar-refractivity contribution >= 4 is 17.6 Å². The van der Waals surface area contributed by atoms with E-state index in [9.17, 15) is 4.79 Å². The van der Waals surface area contributed by atoms with Gasteiger partial charge in [0, 0.05) is 13.1 Å². The van der Waals surface area contributed by atoms with Gasteiger partial charge >= 0.3 is 5.97 Å². The summed E-state index contributed by atoms with van der Waals surface area (Å²) in [7, 11) is 3.06. The summed E-state index contributed by atoms with van der Waals surface area (Å²) >= 11 is 6.05. The molecule has 0 saturated carbocycles. The minimum atomic E-state index is -0.826. The number of rotatable bonds is 7. The van der Waals surface area contributed by atoms with E-state index in [4.69, 9.17) is 26.2 Å². The molecule has 0 aliphatic carbocycles. The van der Waals surface area contributed by atoms with Crippen molar-refractivity contribution in [1.29, 1.82) is 0 Å². The molecule has 0 aliphatic rings. The largest absolute Gasteiger partial charge is 0.493 e. The second-order valence-corrected chi connectivity index (χ2v) is 4.04. The van der Waals surface area contributed by atoms with Gasteiger partial charge in [0.15, 0.2) is 11.5 Å². The number of hydrogen-bond donors (Lipinski definition) is 2. The number of carboxylic acids is 1. The maximum Gasteiger partial charge on any atom is 0.304 e. The SMILES string of the molecule is COc1cc(CNCCC(=O)O)cc(Cl)c1OC. The maximum atomic E-state index is 10.4. The number of carboxylic acid groups (broad SMARTS) is 1. The average molecular weight is 274 g/mol. The van der Waals surface area contributed by atoms with Crippen LogP contribution in [0.3, 0.4) is 0 Å². The maximum absolute atomic E-state index is 10.4. The number of carbonyl (C=O) groups is 1. The van der Waals surface area contributed by atoms with E-state index in [1.807, 2.05) is 0 Å². The van der Waals surface area contributed by atoms with E-state index in [-0.39, 0.29) is 6.42 Å². The lowest BCUT2D eigenvalue weighted by Crippen LogP contribution is -2.17. The van der Waals surface area contributed by atoms with Gasteiger partial charge in [-0.15, -0.1) is 0 Å². The smallest absolute Gasteiger partial charge is 0.304 e. The highest BCUT2D eigenvalue weighted by atomic mass is 35.5. The summed E-state index contributed by atoms with van der Waals surface area (Å²) in [6.45, 7) is 0.925. The molecule has 2 N–H and O–H groups in total. The molecule has 0 amide bonds. The van der Waals surface area contributed by atoms with Crippen molar-refractivity contribution in [2.45, 2.75) is 13.0 Å². The summed E-state index contributed by atoms with van der Waals surface area (Å²) in [6.07, 6.45) is 0.0843. The van der Waals surface area contributed by atoms with Gasteiger partial charge < -0.3 is 19.9 Å². The van der Waals surface area contributed by atoms with E-state index < -0.39 is 5.97 Å². The molecule has 6 heteroatoms. The van der Waals surface area contributed by atoms with Crippen LogP contribution < -0.4 is 14.8 Å². The lowest BCUT2D eigenvalue weighted by Gasteiger charge is -2.12. The molecule has 1 aromatic rings. The summed E-state index contributed by atoms with van der Waals surface area (Å²) in [5, 5.41) is 12.0. The Bertz CT molecular complexity index is 423. The highest BCUT2D eigenvalue weighted by molar-refractivity contribution is 6.32. The number of ether oxygens (including phenoxy) is 2. The van der Waals surface area contributed by atoms with Crippen molar-refractivity contribution in [1.82, 2.24) is 5.32 Å². The van der Waals surface area contributed by atoms with Gasteiger partial charge in [-0.1, -0.05) is 11.6 Å². The fraction of sp³-hybridized carbons (Fsp3) is 0.417. The monoisotopic (exact) mass is 273 g/mol. The minimum Gasteiger partial charge on any atom is -0.493 e. The zero-order valence-corrected chi connectivity index (χ0v) is 11.1. The molecule has 5 nitrogen and oxygen atoms in total. The number of halogens is 1. The van der Waals surface area contributed by atoms with Crippen LogP contribution in [0, 0.1) is 0 Å². The molecule has 18 heavy (non-hydrogen) atoms. The standard InChI is InChI=1S/C12H16ClNO4/c1-17-10-6-8(5-9(13)12(10)18-2)7-14-4-3-11(15)16/h5-6,14H,3-4,7H2,1-2H3,(H,15,16). The van der Waals surface area contributed by atoms with E-state index in [2.05, 4.69) is 5.32 Å². The van der Waals surface area contributed by atoms with E-state index in [0.717, 1.165) is 5.56 Å². The Morgan fingerprint density at radius 3 is 2.67 bits per heavy atom. The molecule has 0 radical (unpaired) electrons. The van der Waals surface area contributed by atoms with Gasteiger partial charge in [-0.05, 0) is 17.7 Å². The summed E-state index contributed by atoms with van der Waals surface area (Å²) in [5.41, 5.74) is 0.906. The molecule has 0 aromatic heterocycles. The molecule has 0 unspecified atom stereocenters. The first-order chi connectivity index (χ1) is 8.58. The van der Waals surface area contributed by atoms with Crippen LogP contribution in [0.25, 0.3) is 0 Å². The Hall–Kier alpha value is -1.46. The van der Waals surface area contributed by atoms with Crippen LogP contribution in [-0.2, 0) is 11.3 Å². The number of benzene rings is 1. The fourth-order valence-electron chi connectivity index (χ4n) is 1.50. The number of aliphatic carboxylic acids is 1. The summed E-state index contributed by atoms with van der Waals surface area (Å²) in [4.78, 5) is 10.4. The Kier molecular flexibility index (Phi) is 5.74. The van der Waals surface area contributed by atoms with Crippen molar-refractivity contribution in [3.8, 4) is 11.5 Å². The first-order valence-corrected chi connectivity index (χ1v) is 5.79. The second kappa shape index (κ2) is 7.08. The molecule has 100 valence electrons. The third-order valence-electron chi connectivity index (χ3n) is 2.34. The van der Waals surface area contributed by atoms with Crippen LogP contribution in [0.1, 0.15) is 12.0 Å². The van der Waals surface area contributed by atoms with Crippen LogP contribution in [0.15, 0.2) is 12.1 Å². The Morgan fingerprint density at radius 1 is 1.39 bits per heavy atom. The third kappa shape index (κ3) is 4.09. The van der Waals surface area contributed by atoms with E-state index in [0.29, 0.717) is 29.6 Å². The topological polar surface area (TPSA) is 67.8 Å². The molecule has 0 fully saturated rings. The molecule has 0 spiro atoms. The molecular formula is C12H16ClNO4. The quantitative estimate of drug-likeness (QED) is 0.743. The van der Waals surface area contributed by atoms with Crippen molar-refractivity contribution in [3.05, 3.63) is 22.7 Å². The van der Waals surface area contributed by atoms with Gasteiger partial charge in [0.2, 0.25) is 0 Å². The zero-order valence-electron chi connectivity index (χ0n) is 10.3. The minimum absolute atomic E-state index is 0.0843. The molecule has 1 aromatic carbocycles. The van der Waals surface area contributed by atoms with Gasteiger partial charge in [-0.3, -0.25) is 4.79 Å². The fourth-order valence-corrected chi connectivity index (χ4v) is 1.81. The average Bonchev–Trinajstić information content (AvgIpc) is 2.33. The predicted molar refractivity (Wildman–Crippen MR) is 68.5 cm³/mol. The summed E-state index contributed by atoms with van der Waals surface area (Å²) in [5.74, 6) is 0.223. The molecule has 1 rings (SSSR count). The molecule has 0 heterocycles. The number of hydrogen-bond acceptors (Lipinski definition) is 4. The van der Waals surface area contributed by atoms with Crippen molar-refractivity contribution < 1.29 is 19.4 Å². The van der Waals surface area contributed by atoms with Crippen LogP contribution in [0.4, 0.5) is 0 Å². The second-order valence-electron chi connectivity index (χ2n) is 3.63. The highest BCUT2D eigenvalue weighted by Crippen LogP contribution is 2.35. The normalized spacial score (nSPS) is 10.2. The van der Waals surface area contributed by atoms with Crippen LogP contribution in [0.5, 0.6) is 11.5 Å². The Morgan fingerprint density at radius 2 is 2.11 bits per heavy atom. The van der Waals surface area contributed by atoms with Gasteiger partial charge in [0.25, 0.3) is 0 Å². The Balaban J connectivity index is 2.67. The van der Waals surface area contributed by atoms with E-state index >= 15 is 0 Å². The highest BCUT2D eigenvalue weighted by Gasteiger charge is 2.10. The number of nitrogens with one attached hydrogen (secondary N) is 1. The third-order valence-corrected chi connectivity index (χ3v) is 2.62. The lowest BCUT2D eigenvalue weighted by atomic mass is 10.2. The zero-order chi connectivity index (χ0) is 13.5. The first-order valence-electron chi connectivity index (χ1n) is 5.41. The predicted octanol–water partition coefficient (Wildman–Crippen LogP) is 1.92. The number of methoxy groups -OCH3 is 2. The van der Waals surface area contributed by atoms with Gasteiger partial charge in [0.1, 0.15) is 0 Å². The van der Waals surface area contributed by atoms with Crippen LogP contribution >= 0.6 is 11.6 Å². The first kappa shape index (κ1) is 14.6. The molecule has 0 bridgehead atoms. The van der Waals surface area contributed by atoms with Crippen molar-refractivity contribution in [2.24, 2.45) is 0 Å². The van der Waals surface area contributed by atoms with Crippen LogP contribution in [0.2, 0.25) is 5.02 Å². The molecule has 0 saturated heterocycles. The molecule has 0 aliphatic heterocycles. The summed E-state index contributed by atoms with van der Waals surface area (Å²) < 4.78 is 10.3. The van der Waals surface area contributed by atoms with Gasteiger partial charge in [0.05, 0.1) is 25.7 Å². The van der Waals surface area contributed by atoms with Crippen molar-refractivity contribution in [2.75, 3.05) is 20.8 Å². The Labute approximate surface area is 111 Å². The molecular weight excluding hydrogens is 258 g/mol. The molecule has 0 atom stereocenters.